The molecule has 2 aliphatic rings. The molecule has 0 N–H and O–H groups in total. The summed E-state index contributed by atoms with van der Waals surface area (Å²) >= 11 is 4.53. The van der Waals surface area contributed by atoms with Crippen molar-refractivity contribution in [2.45, 2.75) is 30.2 Å². The molecule has 1 aliphatic carbocycles. The molecular formula is C7H14N2S. The summed E-state index contributed by atoms with van der Waals surface area (Å²) < 4.78 is 0. The molecule has 0 aromatic carbocycles. The fraction of sp³-hybridized carbons (Fsp3) is 1.00. The van der Waals surface area contributed by atoms with Gasteiger partial charge in [0.1, 0.15) is 0 Å². The molecule has 10 heavy (non-hydrogen) atoms. The summed E-state index contributed by atoms with van der Waals surface area (Å²) in [6.07, 6.45) is 2.59. The number of thiol groups is 1. The van der Waals surface area contributed by atoms with Crippen LogP contribution >= 0.6 is 12.6 Å². The molecule has 58 valence electrons. The largest absolute Gasteiger partial charge is 0.242 e. The van der Waals surface area contributed by atoms with Gasteiger partial charge in [-0.05, 0) is 12.8 Å². The van der Waals surface area contributed by atoms with E-state index < -0.39 is 0 Å². The summed E-state index contributed by atoms with van der Waals surface area (Å²) in [5.74, 6) is 0. The Morgan fingerprint density at radius 3 is 2.30 bits per heavy atom. The van der Waals surface area contributed by atoms with E-state index in [1.807, 2.05) is 0 Å². The van der Waals surface area contributed by atoms with E-state index in [0.717, 1.165) is 6.04 Å². The van der Waals surface area contributed by atoms with Crippen molar-refractivity contribution in [2.24, 2.45) is 0 Å². The van der Waals surface area contributed by atoms with Crippen LogP contribution in [0.3, 0.4) is 0 Å². The van der Waals surface area contributed by atoms with Gasteiger partial charge in [-0.2, -0.15) is 12.6 Å². The maximum absolute atomic E-state index is 4.53. The predicted octanol–water partition coefficient (Wildman–Crippen LogP) is 0.608. The van der Waals surface area contributed by atoms with Crippen molar-refractivity contribution in [1.82, 2.24) is 10.0 Å². The van der Waals surface area contributed by atoms with Crippen molar-refractivity contribution in [2.75, 3.05) is 14.1 Å². The van der Waals surface area contributed by atoms with Gasteiger partial charge in [0.15, 0.2) is 0 Å². The van der Waals surface area contributed by atoms with Crippen molar-refractivity contribution in [1.29, 1.82) is 0 Å². The second kappa shape index (κ2) is 2.13. The molecule has 2 bridgehead atoms. The lowest BCUT2D eigenvalue weighted by Gasteiger charge is -2.35. The Balaban J connectivity index is 2.16. The number of fused-ring (bicyclic) bond motifs is 2. The van der Waals surface area contributed by atoms with Gasteiger partial charge in [0.25, 0.3) is 0 Å². The fourth-order valence-electron chi connectivity index (χ4n) is 2.17. The second-order valence-electron chi connectivity index (χ2n) is 3.41. The van der Waals surface area contributed by atoms with Gasteiger partial charge in [-0.25, -0.2) is 10.0 Å². The second-order valence-corrected chi connectivity index (χ2v) is 4.07. The van der Waals surface area contributed by atoms with Crippen molar-refractivity contribution in [3.8, 4) is 0 Å². The first kappa shape index (κ1) is 6.95. The van der Waals surface area contributed by atoms with Gasteiger partial charge in [0.05, 0.1) is 0 Å². The number of nitrogens with zero attached hydrogens (tertiary/aromatic N) is 2. The summed E-state index contributed by atoms with van der Waals surface area (Å²) in [4.78, 5) is 0. The molecule has 0 aromatic heterocycles. The minimum atomic E-state index is 0.617. The fourth-order valence-corrected chi connectivity index (χ4v) is 2.72. The van der Waals surface area contributed by atoms with Crippen LogP contribution in [-0.2, 0) is 0 Å². The van der Waals surface area contributed by atoms with E-state index >= 15 is 0 Å². The molecular weight excluding hydrogens is 144 g/mol. The number of rotatable bonds is 0. The van der Waals surface area contributed by atoms with Crippen molar-refractivity contribution >= 4 is 12.6 Å². The summed E-state index contributed by atoms with van der Waals surface area (Å²) in [6, 6.07) is 1.48. The lowest BCUT2D eigenvalue weighted by Crippen LogP contribution is -2.46. The van der Waals surface area contributed by atoms with Gasteiger partial charge in [-0.15, -0.1) is 0 Å². The SMILES string of the molecule is CN1C2CC(S)C(C2)N1C. The van der Waals surface area contributed by atoms with Crippen LogP contribution in [0.15, 0.2) is 0 Å². The zero-order valence-electron chi connectivity index (χ0n) is 6.49. The molecule has 2 nitrogen and oxygen atoms in total. The van der Waals surface area contributed by atoms with Crippen LogP contribution in [0.5, 0.6) is 0 Å². The summed E-state index contributed by atoms with van der Waals surface area (Å²) in [7, 11) is 4.33. The highest BCUT2D eigenvalue weighted by molar-refractivity contribution is 7.81. The Kier molecular flexibility index (Phi) is 1.48. The third-order valence-corrected chi connectivity index (χ3v) is 3.53. The maximum atomic E-state index is 4.53. The van der Waals surface area contributed by atoms with Crippen LogP contribution in [-0.4, -0.2) is 41.4 Å². The van der Waals surface area contributed by atoms with Gasteiger partial charge in [0, 0.05) is 31.4 Å². The monoisotopic (exact) mass is 158 g/mol. The average Bonchev–Trinajstić information content (AvgIpc) is 2.36. The molecule has 0 spiro atoms. The van der Waals surface area contributed by atoms with Crippen LogP contribution in [0.2, 0.25) is 0 Å². The highest BCUT2D eigenvalue weighted by atomic mass is 32.1. The van der Waals surface area contributed by atoms with E-state index in [2.05, 4.69) is 36.7 Å². The first-order chi connectivity index (χ1) is 4.70. The average molecular weight is 158 g/mol. The Bertz CT molecular complexity index is 149. The lowest BCUT2D eigenvalue weighted by atomic mass is 10.2. The van der Waals surface area contributed by atoms with E-state index in [-0.39, 0.29) is 0 Å². The first-order valence-corrected chi connectivity index (χ1v) is 4.35. The third-order valence-electron chi connectivity index (χ3n) is 2.98. The zero-order valence-corrected chi connectivity index (χ0v) is 7.38. The number of hydrazine groups is 1. The van der Waals surface area contributed by atoms with Crippen LogP contribution in [0, 0.1) is 0 Å². The van der Waals surface area contributed by atoms with E-state index in [4.69, 9.17) is 0 Å². The molecule has 2 fully saturated rings. The predicted molar refractivity (Wildman–Crippen MR) is 45.1 cm³/mol. The van der Waals surface area contributed by atoms with E-state index in [1.54, 1.807) is 0 Å². The van der Waals surface area contributed by atoms with Gasteiger partial charge in [-0.1, -0.05) is 0 Å². The van der Waals surface area contributed by atoms with Gasteiger partial charge < -0.3 is 0 Å². The van der Waals surface area contributed by atoms with Gasteiger partial charge in [0.2, 0.25) is 0 Å². The quantitative estimate of drug-likeness (QED) is 0.516. The maximum Gasteiger partial charge on any atom is 0.0375 e. The van der Waals surface area contributed by atoms with Crippen LogP contribution in [0.25, 0.3) is 0 Å². The highest BCUT2D eigenvalue weighted by Crippen LogP contribution is 2.37. The molecule has 3 heteroatoms. The smallest absolute Gasteiger partial charge is 0.0375 e. The van der Waals surface area contributed by atoms with Crippen LogP contribution in [0.1, 0.15) is 12.8 Å². The summed E-state index contributed by atoms with van der Waals surface area (Å²) in [5.41, 5.74) is 0. The Morgan fingerprint density at radius 2 is 1.90 bits per heavy atom. The van der Waals surface area contributed by atoms with Crippen molar-refractivity contribution in [3.05, 3.63) is 0 Å². The molecule has 1 heterocycles. The molecule has 3 atom stereocenters. The Hall–Kier alpha value is 0.270. The Morgan fingerprint density at radius 1 is 1.20 bits per heavy atom. The van der Waals surface area contributed by atoms with E-state index in [0.29, 0.717) is 11.3 Å². The van der Waals surface area contributed by atoms with Gasteiger partial charge in [-0.3, -0.25) is 0 Å². The molecule has 2 rings (SSSR count). The zero-order chi connectivity index (χ0) is 7.30. The highest BCUT2D eigenvalue weighted by Gasteiger charge is 2.45. The molecule has 0 amide bonds. The van der Waals surface area contributed by atoms with Crippen molar-refractivity contribution < 1.29 is 0 Å². The van der Waals surface area contributed by atoms with Gasteiger partial charge >= 0.3 is 0 Å². The normalized spacial score (nSPS) is 48.9. The summed E-state index contributed by atoms with van der Waals surface area (Å²) in [6.45, 7) is 0. The Labute approximate surface area is 67.6 Å². The standard InChI is InChI=1S/C7H14N2S/c1-8-5-3-6(9(8)2)7(10)4-5/h5-7,10H,3-4H2,1-2H3. The van der Waals surface area contributed by atoms with E-state index in [9.17, 15) is 0 Å². The third kappa shape index (κ3) is 0.742. The number of hydrogen-bond acceptors (Lipinski definition) is 3. The molecule has 1 saturated heterocycles. The van der Waals surface area contributed by atoms with Crippen LogP contribution < -0.4 is 0 Å². The summed E-state index contributed by atoms with van der Waals surface area (Å²) in [5, 5.41) is 5.29. The van der Waals surface area contributed by atoms with Crippen LogP contribution in [0.4, 0.5) is 0 Å². The minimum absolute atomic E-state index is 0.617. The molecule has 3 unspecified atom stereocenters. The molecule has 1 saturated carbocycles. The molecule has 0 aromatic rings. The number of hydrogen-bond donors (Lipinski definition) is 1. The first-order valence-electron chi connectivity index (χ1n) is 3.84. The lowest BCUT2D eigenvalue weighted by molar-refractivity contribution is -0.00137. The van der Waals surface area contributed by atoms with E-state index in [1.165, 1.54) is 12.8 Å². The van der Waals surface area contributed by atoms with Crippen molar-refractivity contribution in [3.63, 3.8) is 0 Å². The minimum Gasteiger partial charge on any atom is -0.242 e. The molecule has 1 aliphatic heterocycles. The topological polar surface area (TPSA) is 6.48 Å². The molecule has 0 radical (unpaired) electrons.